The number of hydrogen-bond acceptors (Lipinski definition) is 9. The molecule has 11 heteroatoms. The Hall–Kier alpha value is -2.05. The molecule has 8 atom stereocenters. The van der Waals surface area contributed by atoms with Crippen LogP contribution in [0.15, 0.2) is 12.1 Å². The molecule has 44 heavy (non-hydrogen) atoms. The van der Waals surface area contributed by atoms with Gasteiger partial charge in [0.1, 0.15) is 11.9 Å². The Kier molecular flexibility index (Phi) is 8.67. The molecule has 0 radical (unpaired) electrons. The molecule has 5 aliphatic rings. The van der Waals surface area contributed by atoms with Gasteiger partial charge in [-0.2, -0.15) is 0 Å². The summed E-state index contributed by atoms with van der Waals surface area (Å²) >= 11 is 0. The topological polar surface area (TPSA) is 115 Å². The first kappa shape index (κ1) is 31.9. The van der Waals surface area contributed by atoms with Crippen LogP contribution in [-0.2, 0) is 30.3 Å². The van der Waals surface area contributed by atoms with Crippen molar-refractivity contribution < 1.29 is 43.0 Å². The number of Topliss-reactive ketones (excluding diaryl/α,β-unsaturated/α-hetero) is 1. The van der Waals surface area contributed by atoms with E-state index in [1.807, 2.05) is 0 Å². The van der Waals surface area contributed by atoms with E-state index in [0.717, 1.165) is 38.9 Å². The van der Waals surface area contributed by atoms with Crippen LogP contribution in [0.25, 0.3) is 0 Å². The number of nitrogens with zero attached hydrogens (tertiary/aromatic N) is 1. The van der Waals surface area contributed by atoms with Gasteiger partial charge in [0.15, 0.2) is 18.2 Å². The van der Waals surface area contributed by atoms with Crippen molar-refractivity contribution in [2.45, 2.75) is 85.0 Å². The van der Waals surface area contributed by atoms with Crippen LogP contribution < -0.4 is 10.2 Å². The van der Waals surface area contributed by atoms with E-state index in [-0.39, 0.29) is 46.8 Å². The molecular formula is C33H47BFNO8. The van der Waals surface area contributed by atoms with Gasteiger partial charge in [0.2, 0.25) is 0 Å². The molecule has 2 aliphatic heterocycles. The molecule has 1 aromatic rings. The lowest BCUT2D eigenvalue weighted by Gasteiger charge is -2.62. The van der Waals surface area contributed by atoms with Gasteiger partial charge in [0.05, 0.1) is 25.9 Å². The number of morpholine rings is 1. The normalized spacial score (nSPS) is 38.9. The van der Waals surface area contributed by atoms with Crippen LogP contribution in [0.1, 0.15) is 71.8 Å². The first-order valence-corrected chi connectivity index (χ1v) is 16.3. The second-order valence-corrected chi connectivity index (χ2v) is 14.6. The van der Waals surface area contributed by atoms with E-state index < -0.39 is 48.5 Å². The number of halogens is 1. The predicted molar refractivity (Wildman–Crippen MR) is 161 cm³/mol. The highest BCUT2D eigenvalue weighted by Gasteiger charge is 2.68. The zero-order valence-corrected chi connectivity index (χ0v) is 26.5. The third-order valence-electron chi connectivity index (χ3n) is 12.5. The fraction of sp³-hybridized carbons (Fsp3) is 0.758. The molecule has 2 heterocycles. The molecule has 6 rings (SSSR count). The van der Waals surface area contributed by atoms with Crippen molar-refractivity contribution in [3.8, 4) is 5.75 Å². The maximum absolute atomic E-state index is 15.1. The van der Waals surface area contributed by atoms with E-state index in [2.05, 4.69) is 32.6 Å². The Labute approximate surface area is 259 Å². The second kappa shape index (κ2) is 12.0. The van der Waals surface area contributed by atoms with Crippen LogP contribution in [0, 0.1) is 39.8 Å². The lowest BCUT2D eigenvalue weighted by molar-refractivity contribution is -0.213. The number of esters is 1. The summed E-state index contributed by atoms with van der Waals surface area (Å²) in [4.78, 5) is 29.6. The molecule has 1 saturated heterocycles. The van der Waals surface area contributed by atoms with Crippen LogP contribution in [0.5, 0.6) is 5.75 Å². The number of rotatable bonds is 7. The van der Waals surface area contributed by atoms with E-state index >= 15 is 4.39 Å². The molecule has 0 amide bonds. The average Bonchev–Trinajstić information content (AvgIpc) is 3.57. The van der Waals surface area contributed by atoms with Crippen molar-refractivity contribution in [2.75, 3.05) is 39.5 Å². The Bertz CT molecular complexity index is 1280. The van der Waals surface area contributed by atoms with Gasteiger partial charge in [-0.25, -0.2) is 9.18 Å². The maximum Gasteiger partial charge on any atom is 0.494 e. The maximum atomic E-state index is 15.1. The third-order valence-corrected chi connectivity index (χ3v) is 12.5. The van der Waals surface area contributed by atoms with E-state index in [1.165, 1.54) is 6.07 Å². The predicted octanol–water partition coefficient (Wildman–Crippen LogP) is 2.87. The number of aliphatic hydroxyl groups excluding tert-OH is 1. The summed E-state index contributed by atoms with van der Waals surface area (Å²) in [7, 11) is -1.38. The number of ether oxygens (including phenoxy) is 3. The number of benzene rings is 1. The number of ketones is 1. The summed E-state index contributed by atoms with van der Waals surface area (Å²) < 4.78 is 37.7. The van der Waals surface area contributed by atoms with Crippen LogP contribution in [0.2, 0.25) is 0 Å². The molecular weight excluding hydrogens is 568 g/mol. The molecule has 1 aromatic carbocycles. The van der Waals surface area contributed by atoms with Gasteiger partial charge in [-0.1, -0.05) is 33.8 Å². The number of carbonyl (C=O) groups excluding carboxylic acids is 2. The third kappa shape index (κ3) is 5.20. The minimum Gasteiger partial charge on any atom is -0.479 e. The van der Waals surface area contributed by atoms with Crippen LogP contribution >= 0.6 is 0 Å². The molecule has 3 saturated carbocycles. The van der Waals surface area contributed by atoms with E-state index in [9.17, 15) is 19.7 Å². The molecule has 9 nitrogen and oxygen atoms in total. The van der Waals surface area contributed by atoms with Crippen molar-refractivity contribution in [3.05, 3.63) is 23.5 Å². The Balaban J connectivity index is 1.29. The van der Waals surface area contributed by atoms with Crippen molar-refractivity contribution in [3.63, 3.8) is 0 Å². The summed E-state index contributed by atoms with van der Waals surface area (Å²) in [6.45, 7) is 12.0. The fourth-order valence-electron chi connectivity index (χ4n) is 9.54. The van der Waals surface area contributed by atoms with Gasteiger partial charge in [0, 0.05) is 36.3 Å². The van der Waals surface area contributed by atoms with Crippen molar-refractivity contribution >= 4 is 24.3 Å². The molecule has 242 valence electrons. The number of fused-ring (bicyclic) bond motifs is 1. The van der Waals surface area contributed by atoms with Crippen LogP contribution in [0.4, 0.5) is 4.39 Å². The van der Waals surface area contributed by atoms with Crippen LogP contribution in [0.3, 0.4) is 0 Å². The van der Waals surface area contributed by atoms with E-state index in [0.29, 0.717) is 38.0 Å². The molecule has 0 aromatic heterocycles. The Morgan fingerprint density at radius 1 is 1.20 bits per heavy atom. The quantitative estimate of drug-likeness (QED) is 0.353. The van der Waals surface area contributed by atoms with Gasteiger partial charge in [-0.3, -0.25) is 9.69 Å². The molecule has 3 aliphatic carbocycles. The van der Waals surface area contributed by atoms with Gasteiger partial charge in [0.25, 0.3) is 0 Å². The Morgan fingerprint density at radius 2 is 1.95 bits per heavy atom. The SMILES string of the molecule is C[C@@H]1CC[C@@]23CCC(=O)[C@H]2[C@]1(C)[C@H](OC(=O)COc1ccc2c(c1F)B(O)OC2)C[C@@](C)(CCN1CCOCC1)[C@@H](O)[C@@H]3C. The smallest absolute Gasteiger partial charge is 0.479 e. The largest absolute Gasteiger partial charge is 0.494 e. The molecule has 4 fully saturated rings. The molecule has 0 spiro atoms. The summed E-state index contributed by atoms with van der Waals surface area (Å²) in [5, 5.41) is 22.2. The van der Waals surface area contributed by atoms with Crippen molar-refractivity contribution in [1.82, 2.24) is 4.90 Å². The van der Waals surface area contributed by atoms with Gasteiger partial charge in [-0.05, 0) is 72.9 Å². The summed E-state index contributed by atoms with van der Waals surface area (Å²) in [5.74, 6) is -1.65. The minimum absolute atomic E-state index is 0.0228. The summed E-state index contributed by atoms with van der Waals surface area (Å²) in [5.41, 5.74) is -0.998. The van der Waals surface area contributed by atoms with Gasteiger partial charge < -0.3 is 29.0 Å². The fourth-order valence-corrected chi connectivity index (χ4v) is 9.54. The highest BCUT2D eigenvalue weighted by molar-refractivity contribution is 6.61. The zero-order valence-electron chi connectivity index (χ0n) is 26.5. The first-order valence-electron chi connectivity index (χ1n) is 16.3. The number of aliphatic hydroxyl groups is 1. The van der Waals surface area contributed by atoms with Crippen molar-refractivity contribution in [1.29, 1.82) is 0 Å². The lowest BCUT2D eigenvalue weighted by atomic mass is 9.43. The standard InChI is InChI=1S/C33H47BFNO8/c1-20-7-9-33-10-8-23(37)29(33)32(20,4)25(17-31(3,30(39)21(33)2)11-12-36-13-15-41-16-14-36)44-26(38)19-42-24-6-5-22-18-43-34(40)27(22)28(24)35/h5-6,20-21,25,29-30,39-40H,7-19H2,1-4H3/t20-,21+,25-,29+,30+,31-,32+,33+/m1/s1. The van der Waals surface area contributed by atoms with E-state index in [4.69, 9.17) is 18.9 Å². The number of carbonyl (C=O) groups is 2. The van der Waals surface area contributed by atoms with Crippen molar-refractivity contribution in [2.24, 2.45) is 34.0 Å². The van der Waals surface area contributed by atoms with Gasteiger partial charge >= 0.3 is 13.1 Å². The monoisotopic (exact) mass is 615 g/mol. The van der Waals surface area contributed by atoms with E-state index in [1.54, 1.807) is 6.07 Å². The second-order valence-electron chi connectivity index (χ2n) is 14.6. The van der Waals surface area contributed by atoms with Crippen LogP contribution in [-0.4, -0.2) is 85.6 Å². The highest BCUT2D eigenvalue weighted by Crippen LogP contribution is 2.68. The highest BCUT2D eigenvalue weighted by atomic mass is 19.1. The first-order chi connectivity index (χ1) is 20.9. The van der Waals surface area contributed by atoms with Gasteiger partial charge in [-0.15, -0.1) is 0 Å². The molecule has 2 N–H and O–H groups in total. The lowest BCUT2D eigenvalue weighted by Crippen LogP contribution is -2.63. The molecule has 2 bridgehead atoms. The number of hydrogen-bond donors (Lipinski definition) is 2. The summed E-state index contributed by atoms with van der Waals surface area (Å²) in [6.07, 6.45) is 2.78. The Morgan fingerprint density at radius 3 is 2.70 bits per heavy atom. The molecule has 0 unspecified atom stereocenters. The average molecular weight is 616 g/mol. The summed E-state index contributed by atoms with van der Waals surface area (Å²) in [6, 6.07) is 3.04. The zero-order chi connectivity index (χ0) is 31.4. The minimum atomic E-state index is -1.38.